The average molecular weight is 513 g/mol. The Balaban J connectivity index is 1.66. The molecule has 4 aromatic rings. The molecule has 0 radical (unpaired) electrons. The first kappa shape index (κ1) is 22.4. The number of carbonyl (C=O) groups is 1. The van der Waals surface area contributed by atoms with Crippen LogP contribution < -0.4 is 15.0 Å². The van der Waals surface area contributed by atoms with Gasteiger partial charge in [-0.1, -0.05) is 107 Å². The molecule has 0 fully saturated rings. The summed E-state index contributed by atoms with van der Waals surface area (Å²) in [5.74, 6) is 0.636. The molecule has 5 heteroatoms. The molecule has 5 rings (SSSR count). The number of rotatable bonds is 5. The van der Waals surface area contributed by atoms with E-state index in [1.807, 2.05) is 72.8 Å². The Hall–Kier alpha value is -3.41. The van der Waals surface area contributed by atoms with E-state index in [-0.39, 0.29) is 12.5 Å². The van der Waals surface area contributed by atoms with Gasteiger partial charge in [0.25, 0.3) is 0 Å². The van der Waals surface area contributed by atoms with Gasteiger partial charge in [-0.05, 0) is 34.9 Å². The van der Waals surface area contributed by atoms with E-state index >= 15 is 0 Å². The predicted molar refractivity (Wildman–Crippen MR) is 139 cm³/mol. The molecule has 4 nitrogen and oxygen atoms in total. The van der Waals surface area contributed by atoms with Crippen LogP contribution in [0.1, 0.15) is 16.7 Å². The van der Waals surface area contributed by atoms with Crippen LogP contribution in [0.25, 0.3) is 0 Å². The zero-order valence-corrected chi connectivity index (χ0v) is 20.4. The lowest BCUT2D eigenvalue weighted by atomic mass is 9.76. The largest absolute Gasteiger partial charge is 0.489 e. The maximum atomic E-state index is 13.8. The van der Waals surface area contributed by atoms with Crippen LogP contribution >= 0.6 is 15.9 Å². The van der Waals surface area contributed by atoms with Crippen molar-refractivity contribution in [2.45, 2.75) is 11.6 Å². The summed E-state index contributed by atoms with van der Waals surface area (Å²) in [6.45, 7) is 0.214. The molecule has 1 amide bonds. The molecule has 1 N–H and O–H groups in total. The number of anilines is 1. The number of fused-ring (bicyclic) bond motifs is 1. The number of likely N-dealkylation sites (N-methyl/N-ethyl adjacent to an activating group) is 1. The predicted octanol–water partition coefficient (Wildman–Crippen LogP) is 5.75. The molecule has 34 heavy (non-hydrogen) atoms. The Bertz CT molecular complexity index is 1180. The lowest BCUT2D eigenvalue weighted by Gasteiger charge is -2.39. The Morgan fingerprint density at radius 3 is 1.82 bits per heavy atom. The van der Waals surface area contributed by atoms with Crippen molar-refractivity contribution in [3.8, 4) is 5.75 Å². The molecule has 4 aromatic carbocycles. The van der Waals surface area contributed by atoms with Gasteiger partial charge in [-0.25, -0.2) is 0 Å². The number of ether oxygens (including phenoxy) is 1. The van der Waals surface area contributed by atoms with Gasteiger partial charge in [-0.15, -0.1) is 0 Å². The van der Waals surface area contributed by atoms with Crippen molar-refractivity contribution >= 4 is 27.5 Å². The molecule has 0 bridgehead atoms. The minimum atomic E-state index is -0.759. The molecule has 1 aliphatic rings. The summed E-state index contributed by atoms with van der Waals surface area (Å²) < 4.78 is 7.06. The average Bonchev–Trinajstić information content (AvgIpc) is 3.00. The fraction of sp³-hybridized carbons (Fsp3) is 0.138. The van der Waals surface area contributed by atoms with Gasteiger partial charge >= 0.3 is 0 Å². The molecule has 170 valence electrons. The molecule has 1 aliphatic heterocycles. The normalized spacial score (nSPS) is 15.9. The molecule has 0 aromatic heterocycles. The van der Waals surface area contributed by atoms with Crippen LogP contribution in [-0.2, 0) is 10.3 Å². The lowest BCUT2D eigenvalue weighted by Crippen LogP contribution is -2.56. The van der Waals surface area contributed by atoms with Gasteiger partial charge in [0.2, 0.25) is 5.91 Å². The number of hydrogen-bond donors (Lipinski definition) is 1. The number of benzene rings is 4. The van der Waals surface area contributed by atoms with Gasteiger partial charge in [0, 0.05) is 11.5 Å². The second kappa shape index (κ2) is 9.45. The standard InChI is InChI=1S/C29H25BrN2O2/c1-32-26-19-24(30)17-18-27(26)34-20-25(28(32)33)31-29(21-11-5-2-6-12-21,22-13-7-3-8-14-22)23-15-9-4-10-16-23/h2-19,25,31H,20H2,1H3/t25-/m0/s1. The molecule has 1 heterocycles. The number of amides is 1. The van der Waals surface area contributed by atoms with E-state index in [2.05, 4.69) is 57.6 Å². The van der Waals surface area contributed by atoms with Gasteiger partial charge in [0.05, 0.1) is 11.2 Å². The SMILES string of the molecule is CN1C(=O)[C@@H](NC(c2ccccc2)(c2ccccc2)c2ccccc2)COc2ccc(Br)cc21. The molecule has 0 unspecified atom stereocenters. The zero-order chi connectivity index (χ0) is 23.5. The van der Waals surface area contributed by atoms with Crippen LogP contribution in [-0.4, -0.2) is 25.6 Å². The molecule has 0 saturated heterocycles. The minimum Gasteiger partial charge on any atom is -0.489 e. The molecule has 0 aliphatic carbocycles. The van der Waals surface area contributed by atoms with Crippen LogP contribution in [0, 0.1) is 0 Å². The van der Waals surface area contributed by atoms with Crippen molar-refractivity contribution in [3.63, 3.8) is 0 Å². The summed E-state index contributed by atoms with van der Waals surface area (Å²) in [5.41, 5.74) is 3.13. The van der Waals surface area contributed by atoms with E-state index in [0.29, 0.717) is 5.75 Å². The van der Waals surface area contributed by atoms with Crippen LogP contribution in [0.5, 0.6) is 5.75 Å². The number of carbonyl (C=O) groups excluding carboxylic acids is 1. The fourth-order valence-corrected chi connectivity index (χ4v) is 5.00. The van der Waals surface area contributed by atoms with Crippen LogP contribution in [0.2, 0.25) is 0 Å². The first-order valence-electron chi connectivity index (χ1n) is 11.2. The quantitative estimate of drug-likeness (QED) is 0.346. The van der Waals surface area contributed by atoms with E-state index in [4.69, 9.17) is 4.74 Å². The van der Waals surface area contributed by atoms with Crippen molar-refractivity contribution in [1.82, 2.24) is 5.32 Å². The topological polar surface area (TPSA) is 41.6 Å². The van der Waals surface area contributed by atoms with Crippen LogP contribution in [0.4, 0.5) is 5.69 Å². The van der Waals surface area contributed by atoms with E-state index in [0.717, 1.165) is 26.9 Å². The van der Waals surface area contributed by atoms with Gasteiger partial charge < -0.3 is 9.64 Å². The smallest absolute Gasteiger partial charge is 0.247 e. The van der Waals surface area contributed by atoms with Gasteiger partial charge in [0.15, 0.2) is 0 Å². The maximum absolute atomic E-state index is 13.8. The monoisotopic (exact) mass is 512 g/mol. The second-order valence-electron chi connectivity index (χ2n) is 8.37. The molecule has 0 spiro atoms. The van der Waals surface area contributed by atoms with Crippen molar-refractivity contribution in [1.29, 1.82) is 0 Å². The highest BCUT2D eigenvalue weighted by Gasteiger charge is 2.41. The Labute approximate surface area is 208 Å². The van der Waals surface area contributed by atoms with Gasteiger partial charge in [-0.3, -0.25) is 10.1 Å². The number of halogens is 1. The summed E-state index contributed by atoms with van der Waals surface area (Å²) >= 11 is 3.51. The van der Waals surface area contributed by atoms with E-state index in [1.54, 1.807) is 11.9 Å². The highest BCUT2D eigenvalue weighted by Crippen LogP contribution is 2.39. The van der Waals surface area contributed by atoms with Crippen LogP contribution in [0.15, 0.2) is 114 Å². The number of hydrogen-bond acceptors (Lipinski definition) is 3. The summed E-state index contributed by atoms with van der Waals surface area (Å²) in [4.78, 5) is 15.4. The maximum Gasteiger partial charge on any atom is 0.247 e. The third-order valence-electron chi connectivity index (χ3n) is 6.33. The summed E-state index contributed by atoms with van der Waals surface area (Å²) in [5, 5.41) is 3.76. The van der Waals surface area contributed by atoms with Gasteiger partial charge in [0.1, 0.15) is 18.4 Å². The third kappa shape index (κ3) is 4.02. The Morgan fingerprint density at radius 1 is 0.824 bits per heavy atom. The van der Waals surface area contributed by atoms with Crippen molar-refractivity contribution in [2.24, 2.45) is 0 Å². The van der Waals surface area contributed by atoms with E-state index < -0.39 is 11.6 Å². The van der Waals surface area contributed by atoms with E-state index in [1.165, 1.54) is 0 Å². The summed E-state index contributed by atoms with van der Waals surface area (Å²) in [7, 11) is 1.80. The Morgan fingerprint density at radius 2 is 1.32 bits per heavy atom. The van der Waals surface area contributed by atoms with Gasteiger partial charge in [-0.2, -0.15) is 0 Å². The van der Waals surface area contributed by atoms with Crippen molar-refractivity contribution in [3.05, 3.63) is 130 Å². The van der Waals surface area contributed by atoms with Crippen LogP contribution in [0.3, 0.4) is 0 Å². The number of nitrogens with one attached hydrogen (secondary N) is 1. The minimum absolute atomic E-state index is 0.0518. The second-order valence-corrected chi connectivity index (χ2v) is 9.28. The molecule has 1 atom stereocenters. The lowest BCUT2D eigenvalue weighted by molar-refractivity contribution is -0.121. The third-order valence-corrected chi connectivity index (χ3v) is 6.82. The van der Waals surface area contributed by atoms with Crippen molar-refractivity contribution in [2.75, 3.05) is 18.6 Å². The fourth-order valence-electron chi connectivity index (χ4n) is 4.65. The summed E-state index contributed by atoms with van der Waals surface area (Å²) in [6.07, 6.45) is 0. The molecular formula is C29H25BrN2O2. The highest BCUT2D eigenvalue weighted by atomic mass is 79.9. The van der Waals surface area contributed by atoms with Crippen molar-refractivity contribution < 1.29 is 9.53 Å². The molecular weight excluding hydrogens is 488 g/mol. The van der Waals surface area contributed by atoms with E-state index in [9.17, 15) is 4.79 Å². The first-order valence-corrected chi connectivity index (χ1v) is 12.0. The first-order chi connectivity index (χ1) is 16.6. The Kier molecular flexibility index (Phi) is 6.22. The summed E-state index contributed by atoms with van der Waals surface area (Å²) in [6, 6.07) is 36.0. The zero-order valence-electron chi connectivity index (χ0n) is 18.8. The number of nitrogens with zero attached hydrogens (tertiary/aromatic N) is 1. The molecule has 0 saturated carbocycles. The highest BCUT2D eigenvalue weighted by molar-refractivity contribution is 9.10.